The van der Waals surface area contributed by atoms with Crippen LogP contribution in [-0.4, -0.2) is 0 Å². The molecule has 0 unspecified atom stereocenters. The maximum atomic E-state index is 5.91. The van der Waals surface area contributed by atoms with Crippen LogP contribution in [0.3, 0.4) is 0 Å². The second-order valence-corrected chi connectivity index (χ2v) is 5.36. The Balaban J connectivity index is 2.30. The van der Waals surface area contributed by atoms with Gasteiger partial charge in [0.25, 0.3) is 0 Å². The average molecular weight is 327 g/mol. The van der Waals surface area contributed by atoms with Crippen LogP contribution in [0.5, 0.6) is 11.5 Å². The van der Waals surface area contributed by atoms with Gasteiger partial charge in [0.05, 0.1) is 0 Å². The molecule has 18 heavy (non-hydrogen) atoms. The van der Waals surface area contributed by atoms with Gasteiger partial charge in [-0.2, -0.15) is 0 Å². The molecule has 2 nitrogen and oxygen atoms in total. The molecule has 94 valence electrons. The standard InChI is InChI=1S/C14H13BrClNO/c1-9-4-12(16)2-3-14(9)18-13-6-10(8-17)5-11(15)7-13/h2-7H,8,17H2,1H3. The molecule has 0 aromatic heterocycles. The molecule has 0 fully saturated rings. The molecule has 0 aliphatic heterocycles. The van der Waals surface area contributed by atoms with Crippen molar-refractivity contribution in [1.82, 2.24) is 0 Å². The first-order valence-electron chi connectivity index (χ1n) is 5.52. The Morgan fingerprint density at radius 2 is 2.00 bits per heavy atom. The zero-order valence-corrected chi connectivity index (χ0v) is 12.3. The van der Waals surface area contributed by atoms with E-state index in [-0.39, 0.29) is 0 Å². The molecule has 2 rings (SSSR count). The lowest BCUT2D eigenvalue weighted by atomic mass is 10.2. The quantitative estimate of drug-likeness (QED) is 0.890. The van der Waals surface area contributed by atoms with Gasteiger partial charge < -0.3 is 10.5 Å². The summed E-state index contributed by atoms with van der Waals surface area (Å²) in [5.41, 5.74) is 7.65. The highest BCUT2D eigenvalue weighted by Gasteiger charge is 2.04. The predicted octanol–water partition coefficient (Wildman–Crippen LogP) is 4.66. The summed E-state index contributed by atoms with van der Waals surface area (Å²) in [7, 11) is 0. The van der Waals surface area contributed by atoms with Crippen LogP contribution in [0.1, 0.15) is 11.1 Å². The summed E-state index contributed by atoms with van der Waals surface area (Å²) in [6, 6.07) is 11.4. The third-order valence-electron chi connectivity index (χ3n) is 2.53. The van der Waals surface area contributed by atoms with Gasteiger partial charge in [-0.15, -0.1) is 0 Å². The summed E-state index contributed by atoms with van der Waals surface area (Å²) in [6.45, 7) is 2.44. The van der Waals surface area contributed by atoms with Crippen LogP contribution in [0.15, 0.2) is 40.9 Å². The minimum Gasteiger partial charge on any atom is -0.457 e. The van der Waals surface area contributed by atoms with Crippen molar-refractivity contribution < 1.29 is 4.74 Å². The Labute approximate surface area is 120 Å². The van der Waals surface area contributed by atoms with Crippen LogP contribution in [0, 0.1) is 6.92 Å². The maximum Gasteiger partial charge on any atom is 0.130 e. The molecular weight excluding hydrogens is 314 g/mol. The van der Waals surface area contributed by atoms with Crippen molar-refractivity contribution >= 4 is 27.5 Å². The molecule has 0 aliphatic carbocycles. The predicted molar refractivity (Wildman–Crippen MR) is 78.3 cm³/mol. The number of nitrogens with two attached hydrogens (primary N) is 1. The van der Waals surface area contributed by atoms with Crippen LogP contribution in [0.2, 0.25) is 5.02 Å². The highest BCUT2D eigenvalue weighted by atomic mass is 79.9. The topological polar surface area (TPSA) is 35.2 Å². The van der Waals surface area contributed by atoms with Crippen molar-refractivity contribution in [3.05, 3.63) is 57.0 Å². The lowest BCUT2D eigenvalue weighted by Crippen LogP contribution is -1.97. The molecule has 0 aliphatic rings. The molecule has 0 amide bonds. The van der Waals surface area contributed by atoms with Crippen molar-refractivity contribution in [3.8, 4) is 11.5 Å². The van der Waals surface area contributed by atoms with E-state index in [0.29, 0.717) is 11.6 Å². The molecule has 2 aromatic rings. The third-order valence-corrected chi connectivity index (χ3v) is 3.22. The Bertz CT molecular complexity index is 572. The van der Waals surface area contributed by atoms with Gasteiger partial charge in [0.1, 0.15) is 11.5 Å². The van der Waals surface area contributed by atoms with Gasteiger partial charge in [-0.1, -0.05) is 27.5 Å². The number of ether oxygens (including phenoxy) is 1. The SMILES string of the molecule is Cc1cc(Cl)ccc1Oc1cc(Br)cc(CN)c1. The molecule has 0 heterocycles. The monoisotopic (exact) mass is 325 g/mol. The smallest absolute Gasteiger partial charge is 0.130 e. The van der Waals surface area contributed by atoms with E-state index in [1.165, 1.54) is 0 Å². The van der Waals surface area contributed by atoms with Gasteiger partial charge in [-0.25, -0.2) is 0 Å². The van der Waals surface area contributed by atoms with Crippen LogP contribution in [0.4, 0.5) is 0 Å². The molecule has 4 heteroatoms. The van der Waals surface area contributed by atoms with Crippen molar-refractivity contribution in [2.45, 2.75) is 13.5 Å². The van der Waals surface area contributed by atoms with Crippen LogP contribution in [-0.2, 0) is 6.54 Å². The normalized spacial score (nSPS) is 10.4. The van der Waals surface area contributed by atoms with Gasteiger partial charge in [0.2, 0.25) is 0 Å². The summed E-state index contributed by atoms with van der Waals surface area (Å²) in [4.78, 5) is 0. The number of aryl methyl sites for hydroxylation is 1. The summed E-state index contributed by atoms with van der Waals surface area (Å²) in [5.74, 6) is 1.55. The van der Waals surface area contributed by atoms with Crippen molar-refractivity contribution in [2.24, 2.45) is 5.73 Å². The van der Waals surface area contributed by atoms with Gasteiger partial charge in [-0.05, 0) is 54.4 Å². The number of rotatable bonds is 3. The van der Waals surface area contributed by atoms with Gasteiger partial charge in [0.15, 0.2) is 0 Å². The first-order chi connectivity index (χ1) is 8.58. The molecular formula is C14H13BrClNO. The number of hydrogen-bond donors (Lipinski definition) is 1. The lowest BCUT2D eigenvalue weighted by molar-refractivity contribution is 0.478. The van der Waals surface area contributed by atoms with E-state index >= 15 is 0 Å². The van der Waals surface area contributed by atoms with Gasteiger partial charge in [0, 0.05) is 16.0 Å². The number of benzene rings is 2. The highest BCUT2D eigenvalue weighted by Crippen LogP contribution is 2.29. The molecule has 0 atom stereocenters. The van der Waals surface area contributed by atoms with E-state index in [2.05, 4.69) is 15.9 Å². The molecule has 0 bridgehead atoms. The van der Waals surface area contributed by atoms with Crippen molar-refractivity contribution in [3.63, 3.8) is 0 Å². The summed E-state index contributed by atoms with van der Waals surface area (Å²) in [5, 5.41) is 0.705. The Hall–Kier alpha value is -1.03. The zero-order valence-electron chi connectivity index (χ0n) is 9.91. The van der Waals surface area contributed by atoms with Crippen molar-refractivity contribution in [1.29, 1.82) is 0 Å². The Morgan fingerprint density at radius 3 is 2.67 bits per heavy atom. The summed E-state index contributed by atoms with van der Waals surface area (Å²) >= 11 is 9.35. The average Bonchev–Trinajstić information content (AvgIpc) is 2.32. The Morgan fingerprint density at radius 1 is 1.22 bits per heavy atom. The molecule has 0 saturated heterocycles. The summed E-state index contributed by atoms with van der Waals surface area (Å²) in [6.07, 6.45) is 0. The fourth-order valence-corrected chi connectivity index (χ4v) is 2.40. The first kappa shape index (κ1) is 13.4. The zero-order chi connectivity index (χ0) is 13.1. The van der Waals surface area contributed by atoms with Crippen LogP contribution in [0.25, 0.3) is 0 Å². The van der Waals surface area contributed by atoms with Crippen molar-refractivity contribution in [2.75, 3.05) is 0 Å². The molecule has 2 aromatic carbocycles. The van der Waals surface area contributed by atoms with E-state index in [1.54, 1.807) is 0 Å². The fourth-order valence-electron chi connectivity index (χ4n) is 1.65. The number of hydrogen-bond acceptors (Lipinski definition) is 2. The minimum atomic E-state index is 0.482. The maximum absolute atomic E-state index is 5.91. The van der Waals surface area contributed by atoms with E-state index in [0.717, 1.165) is 27.1 Å². The second-order valence-electron chi connectivity index (χ2n) is 4.01. The molecule has 0 radical (unpaired) electrons. The van der Waals surface area contributed by atoms with E-state index in [9.17, 15) is 0 Å². The first-order valence-corrected chi connectivity index (χ1v) is 6.69. The Kier molecular flexibility index (Phi) is 4.27. The molecule has 0 spiro atoms. The van der Waals surface area contributed by atoms with E-state index < -0.39 is 0 Å². The minimum absolute atomic E-state index is 0.482. The van der Waals surface area contributed by atoms with Crippen LogP contribution < -0.4 is 10.5 Å². The number of halogens is 2. The van der Waals surface area contributed by atoms with E-state index in [4.69, 9.17) is 22.1 Å². The second kappa shape index (κ2) is 5.74. The largest absolute Gasteiger partial charge is 0.457 e. The molecule has 0 saturated carbocycles. The fraction of sp³-hybridized carbons (Fsp3) is 0.143. The van der Waals surface area contributed by atoms with Gasteiger partial charge >= 0.3 is 0 Å². The third kappa shape index (κ3) is 3.25. The highest BCUT2D eigenvalue weighted by molar-refractivity contribution is 9.10. The van der Waals surface area contributed by atoms with Gasteiger partial charge in [-0.3, -0.25) is 0 Å². The van der Waals surface area contributed by atoms with Crippen LogP contribution >= 0.6 is 27.5 Å². The summed E-state index contributed by atoms with van der Waals surface area (Å²) < 4.78 is 6.79. The van der Waals surface area contributed by atoms with E-state index in [1.807, 2.05) is 43.3 Å². The molecule has 2 N–H and O–H groups in total. The lowest BCUT2D eigenvalue weighted by Gasteiger charge is -2.10.